The van der Waals surface area contributed by atoms with Gasteiger partial charge in [0.15, 0.2) is 0 Å². The Morgan fingerprint density at radius 2 is 1.53 bits per heavy atom. The molecule has 34 heavy (non-hydrogen) atoms. The molecule has 1 N–H and O–H groups in total. The van der Waals surface area contributed by atoms with Crippen LogP contribution < -0.4 is 5.32 Å². The predicted octanol–water partition coefficient (Wildman–Crippen LogP) is 5.23. The number of benzene rings is 3. The number of nitrogens with one attached hydrogen (secondary N) is 1. The highest BCUT2D eigenvalue weighted by molar-refractivity contribution is 7.99. The molecule has 0 aliphatic carbocycles. The average molecular weight is 479 g/mol. The van der Waals surface area contributed by atoms with E-state index in [9.17, 15) is 14.0 Å². The number of carbonyl (C=O) groups is 2. The van der Waals surface area contributed by atoms with E-state index in [2.05, 4.69) is 5.32 Å². The van der Waals surface area contributed by atoms with Crippen molar-refractivity contribution in [2.45, 2.75) is 38.1 Å². The molecule has 0 radical (unpaired) electrons. The number of hydrogen-bond donors (Lipinski definition) is 1. The molecule has 1 unspecified atom stereocenters. The van der Waals surface area contributed by atoms with Gasteiger partial charge in [-0.25, -0.2) is 4.39 Å². The van der Waals surface area contributed by atoms with Crippen molar-refractivity contribution in [3.05, 3.63) is 107 Å². The minimum absolute atomic E-state index is 0.141. The number of halogens is 1. The summed E-state index contributed by atoms with van der Waals surface area (Å²) in [6.07, 6.45) is 1.24. The third-order valence-electron chi connectivity index (χ3n) is 5.46. The minimum Gasteiger partial charge on any atom is -0.354 e. The number of rotatable bonds is 12. The Labute approximate surface area is 205 Å². The Morgan fingerprint density at radius 3 is 2.18 bits per heavy atom. The van der Waals surface area contributed by atoms with Crippen LogP contribution >= 0.6 is 11.8 Å². The number of carbonyl (C=O) groups excluding carboxylic acids is 2. The van der Waals surface area contributed by atoms with E-state index >= 15 is 0 Å². The van der Waals surface area contributed by atoms with Crippen molar-refractivity contribution in [2.24, 2.45) is 0 Å². The van der Waals surface area contributed by atoms with Crippen molar-refractivity contribution in [1.82, 2.24) is 10.2 Å². The zero-order valence-corrected chi connectivity index (χ0v) is 20.3. The first kappa shape index (κ1) is 25.5. The van der Waals surface area contributed by atoms with Gasteiger partial charge in [-0.2, -0.15) is 0 Å². The van der Waals surface area contributed by atoms with E-state index in [1.165, 1.54) is 17.8 Å². The van der Waals surface area contributed by atoms with Crippen molar-refractivity contribution in [2.75, 3.05) is 12.3 Å². The summed E-state index contributed by atoms with van der Waals surface area (Å²) in [4.78, 5) is 28.4. The van der Waals surface area contributed by atoms with Crippen LogP contribution in [0.15, 0.2) is 84.9 Å². The van der Waals surface area contributed by atoms with E-state index in [-0.39, 0.29) is 23.4 Å². The van der Waals surface area contributed by atoms with E-state index in [1.54, 1.807) is 23.1 Å². The molecular weight excluding hydrogens is 447 g/mol. The monoisotopic (exact) mass is 478 g/mol. The molecular formula is C28H31FN2O2S. The Morgan fingerprint density at radius 1 is 0.912 bits per heavy atom. The Balaban J connectivity index is 1.81. The Hall–Kier alpha value is -3.12. The van der Waals surface area contributed by atoms with Gasteiger partial charge >= 0.3 is 0 Å². The molecule has 0 fully saturated rings. The first-order valence-corrected chi connectivity index (χ1v) is 12.7. The third-order valence-corrected chi connectivity index (χ3v) is 6.42. The fourth-order valence-electron chi connectivity index (χ4n) is 3.65. The molecule has 3 aromatic rings. The normalized spacial score (nSPS) is 11.6. The number of amides is 2. The van der Waals surface area contributed by atoms with Crippen LogP contribution in [0.1, 0.15) is 30.0 Å². The predicted molar refractivity (Wildman–Crippen MR) is 137 cm³/mol. The van der Waals surface area contributed by atoms with Gasteiger partial charge in [0, 0.05) is 25.3 Å². The van der Waals surface area contributed by atoms with Gasteiger partial charge in [0.05, 0.1) is 5.75 Å². The largest absolute Gasteiger partial charge is 0.354 e. The summed E-state index contributed by atoms with van der Waals surface area (Å²) in [6, 6.07) is 25.4. The second-order valence-electron chi connectivity index (χ2n) is 8.09. The lowest BCUT2D eigenvalue weighted by atomic mass is 10.0. The van der Waals surface area contributed by atoms with E-state index in [0.717, 1.165) is 17.5 Å². The number of hydrogen-bond acceptors (Lipinski definition) is 3. The quantitative estimate of drug-likeness (QED) is 0.388. The zero-order valence-electron chi connectivity index (χ0n) is 19.5. The van der Waals surface area contributed by atoms with Crippen LogP contribution in [0.5, 0.6) is 0 Å². The number of nitrogens with zero attached hydrogens (tertiary/aromatic N) is 1. The SMILES string of the molecule is CCCNC(=O)C(Cc1ccccc1)N(Cc1ccccc1)C(=O)CSCc1ccccc1F. The lowest BCUT2D eigenvalue weighted by Gasteiger charge is -2.31. The maximum absolute atomic E-state index is 14.0. The van der Waals surface area contributed by atoms with Crippen molar-refractivity contribution in [3.63, 3.8) is 0 Å². The first-order chi connectivity index (χ1) is 16.6. The molecule has 4 nitrogen and oxygen atoms in total. The van der Waals surface area contributed by atoms with Gasteiger partial charge in [0.1, 0.15) is 11.9 Å². The maximum atomic E-state index is 14.0. The van der Waals surface area contributed by atoms with Crippen LogP contribution in [0.3, 0.4) is 0 Å². The van der Waals surface area contributed by atoms with Gasteiger partial charge in [-0.05, 0) is 29.2 Å². The smallest absolute Gasteiger partial charge is 0.243 e. The second-order valence-corrected chi connectivity index (χ2v) is 9.07. The fraction of sp³-hybridized carbons (Fsp3) is 0.286. The van der Waals surface area contributed by atoms with E-state index in [0.29, 0.717) is 30.8 Å². The Bertz CT molecular complexity index is 1050. The molecule has 3 rings (SSSR count). The lowest BCUT2D eigenvalue weighted by Crippen LogP contribution is -2.51. The summed E-state index contributed by atoms with van der Waals surface area (Å²) >= 11 is 1.36. The molecule has 178 valence electrons. The molecule has 2 amide bonds. The van der Waals surface area contributed by atoms with Gasteiger partial charge in [0.2, 0.25) is 11.8 Å². The summed E-state index contributed by atoms with van der Waals surface area (Å²) in [5.74, 6) is -0.0208. The van der Waals surface area contributed by atoms with Crippen LogP contribution in [0.4, 0.5) is 4.39 Å². The molecule has 1 atom stereocenters. The molecule has 0 aliphatic rings. The van der Waals surface area contributed by atoms with Crippen molar-refractivity contribution in [3.8, 4) is 0 Å². The lowest BCUT2D eigenvalue weighted by molar-refractivity contribution is -0.139. The molecule has 0 saturated carbocycles. The summed E-state index contributed by atoms with van der Waals surface area (Å²) in [5, 5.41) is 2.97. The molecule has 0 spiro atoms. The third kappa shape index (κ3) is 7.73. The Kier molecular flexibility index (Phi) is 10.2. The van der Waals surface area contributed by atoms with Gasteiger partial charge in [-0.1, -0.05) is 85.8 Å². The van der Waals surface area contributed by atoms with Gasteiger partial charge in [-0.15, -0.1) is 11.8 Å². The molecule has 0 bridgehead atoms. The topological polar surface area (TPSA) is 49.4 Å². The molecule has 0 aromatic heterocycles. The van der Waals surface area contributed by atoms with Crippen LogP contribution in [-0.2, 0) is 28.3 Å². The summed E-state index contributed by atoms with van der Waals surface area (Å²) < 4.78 is 14.0. The van der Waals surface area contributed by atoms with Gasteiger partial charge < -0.3 is 10.2 Å². The molecule has 0 saturated heterocycles. The van der Waals surface area contributed by atoms with E-state index in [1.807, 2.05) is 67.6 Å². The van der Waals surface area contributed by atoms with Crippen LogP contribution in [0.25, 0.3) is 0 Å². The maximum Gasteiger partial charge on any atom is 0.243 e. The average Bonchev–Trinajstić information content (AvgIpc) is 2.87. The van der Waals surface area contributed by atoms with Gasteiger partial charge in [-0.3, -0.25) is 9.59 Å². The van der Waals surface area contributed by atoms with Gasteiger partial charge in [0.25, 0.3) is 0 Å². The zero-order chi connectivity index (χ0) is 24.2. The highest BCUT2D eigenvalue weighted by Gasteiger charge is 2.30. The highest BCUT2D eigenvalue weighted by Crippen LogP contribution is 2.19. The van der Waals surface area contributed by atoms with Crippen molar-refractivity contribution < 1.29 is 14.0 Å². The molecule has 3 aromatic carbocycles. The summed E-state index contributed by atoms with van der Waals surface area (Å²) in [7, 11) is 0. The van der Waals surface area contributed by atoms with Crippen molar-refractivity contribution >= 4 is 23.6 Å². The first-order valence-electron chi connectivity index (χ1n) is 11.5. The summed E-state index contributed by atoms with van der Waals surface area (Å²) in [5.41, 5.74) is 2.51. The second kappa shape index (κ2) is 13.6. The van der Waals surface area contributed by atoms with Crippen LogP contribution in [-0.4, -0.2) is 35.1 Å². The minimum atomic E-state index is -0.643. The molecule has 0 heterocycles. The van der Waals surface area contributed by atoms with Crippen molar-refractivity contribution in [1.29, 1.82) is 0 Å². The molecule has 6 heteroatoms. The summed E-state index contributed by atoms with van der Waals surface area (Å²) in [6.45, 7) is 2.88. The number of thioether (sulfide) groups is 1. The van der Waals surface area contributed by atoms with Crippen LogP contribution in [0, 0.1) is 5.82 Å². The standard InChI is InChI=1S/C28H31FN2O2S/c1-2-17-30-28(33)26(18-22-11-5-3-6-12-22)31(19-23-13-7-4-8-14-23)27(32)21-34-20-24-15-9-10-16-25(24)29/h3-16,26H,2,17-21H2,1H3,(H,30,33). The van der Waals surface area contributed by atoms with E-state index in [4.69, 9.17) is 0 Å². The molecule has 0 aliphatic heterocycles. The van der Waals surface area contributed by atoms with Crippen LogP contribution in [0.2, 0.25) is 0 Å². The van der Waals surface area contributed by atoms with E-state index < -0.39 is 6.04 Å². The fourth-order valence-corrected chi connectivity index (χ4v) is 4.54. The highest BCUT2D eigenvalue weighted by atomic mass is 32.2.